The highest BCUT2D eigenvalue weighted by molar-refractivity contribution is 6.07. The van der Waals surface area contributed by atoms with Gasteiger partial charge in [-0.3, -0.25) is 14.4 Å². The van der Waals surface area contributed by atoms with Crippen LogP contribution in [0.5, 0.6) is 0 Å². The molecule has 0 spiro atoms. The number of amides is 2. The van der Waals surface area contributed by atoms with Crippen molar-refractivity contribution >= 4 is 17.7 Å². The smallest absolute Gasteiger partial charge is 0.417 e. The van der Waals surface area contributed by atoms with Crippen molar-refractivity contribution < 1.29 is 32.3 Å². The Bertz CT molecular complexity index is 1570. The van der Waals surface area contributed by atoms with Crippen LogP contribution in [0.1, 0.15) is 27.2 Å². The lowest BCUT2D eigenvalue weighted by Gasteiger charge is -2.16. The van der Waals surface area contributed by atoms with Crippen molar-refractivity contribution in [2.24, 2.45) is 7.05 Å². The molecule has 0 bridgehead atoms. The number of pyridine rings is 1. The van der Waals surface area contributed by atoms with E-state index in [1.165, 1.54) is 24.0 Å². The number of nitrogens with one attached hydrogen (secondary N) is 1. The highest BCUT2D eigenvalue weighted by atomic mass is 19.4. The lowest BCUT2D eigenvalue weighted by Crippen LogP contribution is -2.22. The summed E-state index contributed by atoms with van der Waals surface area (Å²) in [5, 5.41) is 15.9. The average molecular weight is 525 g/mol. The van der Waals surface area contributed by atoms with E-state index in [2.05, 4.69) is 15.4 Å². The van der Waals surface area contributed by atoms with Crippen LogP contribution >= 0.6 is 0 Å². The van der Waals surface area contributed by atoms with Gasteiger partial charge in [-0.15, -0.1) is 0 Å². The van der Waals surface area contributed by atoms with Crippen molar-refractivity contribution in [1.29, 1.82) is 0 Å². The molecule has 194 valence electrons. The van der Waals surface area contributed by atoms with Gasteiger partial charge in [-0.1, -0.05) is 30.3 Å². The zero-order chi connectivity index (χ0) is 27.2. The van der Waals surface area contributed by atoms with E-state index < -0.39 is 40.7 Å². The Morgan fingerprint density at radius 1 is 1.05 bits per heavy atom. The third-order valence-electron chi connectivity index (χ3n) is 6.11. The minimum Gasteiger partial charge on any atom is -0.465 e. The predicted molar refractivity (Wildman–Crippen MR) is 129 cm³/mol. The molecule has 0 aliphatic carbocycles. The number of aromatic nitrogens is 3. The Balaban J connectivity index is 1.58. The van der Waals surface area contributed by atoms with Gasteiger partial charge in [-0.05, 0) is 29.8 Å². The van der Waals surface area contributed by atoms with Gasteiger partial charge in [-0.25, -0.2) is 14.2 Å². The van der Waals surface area contributed by atoms with E-state index in [1.807, 2.05) is 0 Å². The number of anilines is 1. The summed E-state index contributed by atoms with van der Waals surface area (Å²) in [6, 6.07) is 12.7. The molecule has 2 aromatic carbocycles. The molecular weight excluding hydrogens is 506 g/mol. The summed E-state index contributed by atoms with van der Waals surface area (Å²) in [6.07, 6.45) is -4.59. The largest absolute Gasteiger partial charge is 0.465 e. The number of nitrogens with zero attached hydrogens (tertiary/aromatic N) is 4. The minimum absolute atomic E-state index is 0.0358. The second-order valence-electron chi connectivity index (χ2n) is 8.70. The first-order chi connectivity index (χ1) is 18.0. The Morgan fingerprint density at radius 2 is 1.79 bits per heavy atom. The molecule has 0 radical (unpaired) electrons. The van der Waals surface area contributed by atoms with Crippen LogP contribution in [0, 0.1) is 5.82 Å². The van der Waals surface area contributed by atoms with Crippen LogP contribution in [0.2, 0.25) is 0 Å². The van der Waals surface area contributed by atoms with Gasteiger partial charge in [0.2, 0.25) is 0 Å². The highest BCUT2D eigenvalue weighted by Crippen LogP contribution is 2.39. The van der Waals surface area contributed by atoms with Crippen LogP contribution in [0.4, 0.5) is 28.0 Å². The monoisotopic (exact) mass is 525 g/mol. The number of rotatable bonds is 4. The quantitative estimate of drug-likeness (QED) is 0.340. The first-order valence-corrected chi connectivity index (χ1v) is 11.3. The molecule has 3 heterocycles. The van der Waals surface area contributed by atoms with Gasteiger partial charge in [-0.2, -0.15) is 18.3 Å². The summed E-state index contributed by atoms with van der Waals surface area (Å²) in [5.41, 5.74) is -0.293. The number of carbonyl (C=O) groups is 2. The first kappa shape index (κ1) is 24.9. The van der Waals surface area contributed by atoms with E-state index in [9.17, 15) is 32.3 Å². The molecular formula is C26H19F4N5O3. The summed E-state index contributed by atoms with van der Waals surface area (Å²) in [4.78, 5) is 30.4. The second-order valence-corrected chi connectivity index (χ2v) is 8.70. The molecule has 0 saturated carbocycles. The Hall–Kier alpha value is -4.74. The maximum atomic E-state index is 14.9. The fourth-order valence-electron chi connectivity index (χ4n) is 4.30. The Morgan fingerprint density at radius 3 is 2.42 bits per heavy atom. The van der Waals surface area contributed by atoms with E-state index in [0.717, 1.165) is 11.0 Å². The van der Waals surface area contributed by atoms with Crippen LogP contribution in [0.3, 0.4) is 0 Å². The fraction of sp³-hybridized carbons (Fsp3) is 0.154. The topological polar surface area (TPSA) is 100 Å². The maximum absolute atomic E-state index is 14.9. The number of benzene rings is 2. The Labute approximate surface area is 213 Å². The molecule has 0 atom stereocenters. The van der Waals surface area contributed by atoms with Crippen LogP contribution in [-0.2, 0) is 26.3 Å². The lowest BCUT2D eigenvalue weighted by molar-refractivity contribution is -0.137. The number of alkyl halides is 3. The van der Waals surface area contributed by atoms with Crippen LogP contribution in [0.15, 0.2) is 60.8 Å². The third kappa shape index (κ3) is 4.67. The molecule has 1 aliphatic heterocycles. The molecule has 5 rings (SSSR count). The number of carbonyl (C=O) groups excluding carboxylic acids is 1. The van der Waals surface area contributed by atoms with Crippen molar-refractivity contribution in [3.8, 4) is 22.5 Å². The van der Waals surface area contributed by atoms with E-state index in [4.69, 9.17) is 0 Å². The summed E-state index contributed by atoms with van der Waals surface area (Å²) < 4.78 is 57.3. The summed E-state index contributed by atoms with van der Waals surface area (Å²) in [5.74, 6) is -2.36. The number of aryl methyl sites for hydroxylation is 1. The fourth-order valence-corrected chi connectivity index (χ4v) is 4.30. The number of carboxylic acid groups (broad SMARTS) is 1. The van der Waals surface area contributed by atoms with Gasteiger partial charge in [0.15, 0.2) is 0 Å². The normalized spacial score (nSPS) is 12.9. The zero-order valence-corrected chi connectivity index (χ0v) is 19.8. The van der Waals surface area contributed by atoms with Crippen molar-refractivity contribution in [3.63, 3.8) is 0 Å². The molecule has 38 heavy (non-hydrogen) atoms. The molecule has 0 unspecified atom stereocenters. The van der Waals surface area contributed by atoms with Crippen molar-refractivity contribution in [3.05, 3.63) is 89.0 Å². The molecule has 2 aromatic heterocycles. The molecule has 2 N–H and O–H groups in total. The highest BCUT2D eigenvalue weighted by Gasteiger charge is 2.36. The standard InChI is InChI=1S/C26H19F4N5O3/c1-34-8-7-20(33-34)16-10-17(19(27)11-18(16)26(28,29)30)24(36)32-21-9-15-12-35(25(37)38)13-22(15)31-23(21)14-5-3-2-4-6-14/h2-11H,12-13H2,1H3,(H,32,36)(H,37,38). The molecule has 8 nitrogen and oxygen atoms in total. The summed E-state index contributed by atoms with van der Waals surface area (Å²) in [7, 11) is 1.52. The lowest BCUT2D eigenvalue weighted by atomic mass is 9.99. The molecule has 4 aromatic rings. The van der Waals surface area contributed by atoms with Gasteiger partial charge in [0, 0.05) is 24.4 Å². The Kier molecular flexibility index (Phi) is 6.09. The van der Waals surface area contributed by atoms with Crippen LogP contribution in [-0.4, -0.2) is 36.8 Å². The van der Waals surface area contributed by atoms with Gasteiger partial charge < -0.3 is 10.4 Å². The summed E-state index contributed by atoms with van der Waals surface area (Å²) in [6.45, 7) is 0.0910. The molecule has 1 aliphatic rings. The SMILES string of the molecule is Cn1ccc(-c2cc(C(=O)Nc3cc4c(nc3-c3ccccc3)CN(C(=O)O)C4)c(F)cc2C(F)(F)F)n1. The van der Waals surface area contributed by atoms with Crippen molar-refractivity contribution in [2.75, 3.05) is 5.32 Å². The average Bonchev–Trinajstić information content (AvgIpc) is 3.49. The number of halogens is 4. The van der Waals surface area contributed by atoms with Gasteiger partial charge >= 0.3 is 12.3 Å². The van der Waals surface area contributed by atoms with E-state index in [0.29, 0.717) is 22.5 Å². The molecule has 12 heteroatoms. The van der Waals surface area contributed by atoms with E-state index >= 15 is 0 Å². The van der Waals surface area contributed by atoms with Gasteiger partial charge in [0.05, 0.1) is 47.0 Å². The third-order valence-corrected chi connectivity index (χ3v) is 6.11. The second kappa shape index (κ2) is 9.29. The molecule has 0 saturated heterocycles. The van der Waals surface area contributed by atoms with Crippen LogP contribution < -0.4 is 5.32 Å². The number of hydrogen-bond donors (Lipinski definition) is 2. The predicted octanol–water partition coefficient (Wildman–Crippen LogP) is 5.55. The molecule has 2 amide bonds. The first-order valence-electron chi connectivity index (χ1n) is 11.3. The van der Waals surface area contributed by atoms with E-state index in [-0.39, 0.29) is 30.5 Å². The summed E-state index contributed by atoms with van der Waals surface area (Å²) >= 11 is 0. The maximum Gasteiger partial charge on any atom is 0.417 e. The number of hydrogen-bond acceptors (Lipinski definition) is 4. The minimum atomic E-state index is -4.89. The van der Waals surface area contributed by atoms with Crippen molar-refractivity contribution in [2.45, 2.75) is 19.3 Å². The zero-order valence-electron chi connectivity index (χ0n) is 19.8. The number of fused-ring (bicyclic) bond motifs is 1. The molecule has 0 fully saturated rings. The van der Waals surface area contributed by atoms with Gasteiger partial charge in [0.1, 0.15) is 5.82 Å². The van der Waals surface area contributed by atoms with Crippen molar-refractivity contribution in [1.82, 2.24) is 19.7 Å². The van der Waals surface area contributed by atoms with E-state index in [1.54, 1.807) is 36.4 Å². The van der Waals surface area contributed by atoms with Crippen LogP contribution in [0.25, 0.3) is 22.5 Å². The van der Waals surface area contributed by atoms with Gasteiger partial charge in [0.25, 0.3) is 5.91 Å².